The largest absolute Gasteiger partial charge is 0.463 e. The average molecular weight is 305 g/mol. The van der Waals surface area contributed by atoms with Gasteiger partial charge in [0.1, 0.15) is 6.61 Å². The molecule has 0 spiro atoms. The molecule has 0 bridgehead atoms. The van der Waals surface area contributed by atoms with E-state index in [9.17, 15) is 9.59 Å². The van der Waals surface area contributed by atoms with Crippen LogP contribution in [0.15, 0.2) is 42.5 Å². The van der Waals surface area contributed by atoms with Crippen LogP contribution in [0.4, 0.5) is 4.79 Å². The van der Waals surface area contributed by atoms with Crippen molar-refractivity contribution in [2.45, 2.75) is 39.3 Å². The van der Waals surface area contributed by atoms with E-state index in [0.717, 1.165) is 5.56 Å². The average Bonchev–Trinajstić information content (AvgIpc) is 2.46. The molecule has 1 rings (SSSR count). The van der Waals surface area contributed by atoms with Gasteiger partial charge in [0.2, 0.25) is 0 Å². The van der Waals surface area contributed by atoms with Crippen molar-refractivity contribution in [3.05, 3.63) is 48.0 Å². The molecular weight excluding hydrogens is 282 g/mol. The lowest BCUT2D eigenvalue weighted by molar-refractivity contribution is -0.137. The zero-order valence-corrected chi connectivity index (χ0v) is 13.3. The van der Waals surface area contributed by atoms with Crippen molar-refractivity contribution >= 4 is 12.1 Å². The minimum atomic E-state index is -0.517. The van der Waals surface area contributed by atoms with Crippen LogP contribution in [0.3, 0.4) is 0 Å². The second-order valence-corrected chi connectivity index (χ2v) is 5.43. The third-order valence-corrected chi connectivity index (χ3v) is 2.82. The van der Waals surface area contributed by atoms with Crippen molar-refractivity contribution in [3.63, 3.8) is 0 Å². The van der Waals surface area contributed by atoms with Crippen molar-refractivity contribution in [3.8, 4) is 0 Å². The maximum absolute atomic E-state index is 11.8. The molecule has 22 heavy (non-hydrogen) atoms. The van der Waals surface area contributed by atoms with E-state index in [0.29, 0.717) is 13.0 Å². The molecule has 0 heterocycles. The first-order valence-corrected chi connectivity index (χ1v) is 7.25. The highest BCUT2D eigenvalue weighted by Crippen LogP contribution is 2.10. The molecular formula is C17H23NO4. The summed E-state index contributed by atoms with van der Waals surface area (Å²) in [5.41, 5.74) is 0.411. The van der Waals surface area contributed by atoms with Crippen LogP contribution in [0.1, 0.15) is 32.8 Å². The highest BCUT2D eigenvalue weighted by Gasteiger charge is 2.19. The van der Waals surface area contributed by atoms with Crippen molar-refractivity contribution in [2.24, 2.45) is 0 Å². The lowest BCUT2D eigenvalue weighted by atomic mass is 10.0. The zero-order valence-electron chi connectivity index (χ0n) is 13.3. The van der Waals surface area contributed by atoms with Crippen LogP contribution >= 0.6 is 0 Å². The molecule has 5 heteroatoms. The Morgan fingerprint density at radius 2 is 1.86 bits per heavy atom. The van der Waals surface area contributed by atoms with Crippen molar-refractivity contribution in [1.82, 2.24) is 5.32 Å². The Kier molecular flexibility index (Phi) is 7.16. The second kappa shape index (κ2) is 8.87. The summed E-state index contributed by atoms with van der Waals surface area (Å²) in [7, 11) is 0. The van der Waals surface area contributed by atoms with Gasteiger partial charge in [-0.15, -0.1) is 0 Å². The van der Waals surface area contributed by atoms with Gasteiger partial charge >= 0.3 is 12.1 Å². The van der Waals surface area contributed by atoms with E-state index < -0.39 is 11.6 Å². The molecule has 0 aromatic heterocycles. The quantitative estimate of drug-likeness (QED) is 0.620. The standard InChI is InChI=1S/C17H23NO4/c1-4-21-15(19)11-8-12-17(2,3)18-16(20)22-13-14-9-6-5-7-10-14/h5-11H,4,12-13H2,1-3H3,(H,18,20)/b11-8+. The Morgan fingerprint density at radius 3 is 2.50 bits per heavy atom. The van der Waals surface area contributed by atoms with Gasteiger partial charge in [-0.3, -0.25) is 0 Å². The summed E-state index contributed by atoms with van der Waals surface area (Å²) in [4.78, 5) is 23.0. The van der Waals surface area contributed by atoms with E-state index in [1.807, 2.05) is 44.2 Å². The molecule has 1 amide bonds. The summed E-state index contributed by atoms with van der Waals surface area (Å²) in [6, 6.07) is 9.46. The molecule has 0 saturated heterocycles. The predicted octanol–water partition coefficient (Wildman–Crippen LogP) is 3.20. The van der Waals surface area contributed by atoms with Crippen LogP contribution in [0, 0.1) is 0 Å². The van der Waals surface area contributed by atoms with Crippen molar-refractivity contribution in [1.29, 1.82) is 0 Å². The molecule has 1 N–H and O–H groups in total. The lowest BCUT2D eigenvalue weighted by Gasteiger charge is -2.24. The third kappa shape index (κ3) is 7.47. The molecule has 0 atom stereocenters. The number of hydrogen-bond acceptors (Lipinski definition) is 4. The fourth-order valence-electron chi connectivity index (χ4n) is 1.73. The maximum Gasteiger partial charge on any atom is 0.407 e. The number of carbonyl (C=O) groups is 2. The summed E-state index contributed by atoms with van der Waals surface area (Å²) < 4.78 is 9.95. The molecule has 0 unspecified atom stereocenters. The maximum atomic E-state index is 11.8. The SMILES string of the molecule is CCOC(=O)/C=C/CC(C)(C)NC(=O)OCc1ccccc1. The molecule has 5 nitrogen and oxygen atoms in total. The summed E-state index contributed by atoms with van der Waals surface area (Å²) in [6.07, 6.45) is 3.04. The molecule has 0 radical (unpaired) electrons. The summed E-state index contributed by atoms with van der Waals surface area (Å²) in [5, 5.41) is 2.77. The zero-order chi connectivity index (χ0) is 16.4. The van der Waals surface area contributed by atoms with Gasteiger partial charge in [-0.1, -0.05) is 36.4 Å². The number of esters is 1. The van der Waals surface area contributed by atoms with Gasteiger partial charge in [-0.2, -0.15) is 0 Å². The molecule has 1 aromatic rings. The fourth-order valence-corrected chi connectivity index (χ4v) is 1.73. The number of carbonyl (C=O) groups excluding carboxylic acids is 2. The Bertz CT molecular complexity index is 509. The normalized spacial score (nSPS) is 11.2. The predicted molar refractivity (Wildman–Crippen MR) is 84.2 cm³/mol. The highest BCUT2D eigenvalue weighted by atomic mass is 16.5. The monoisotopic (exact) mass is 305 g/mol. The summed E-state index contributed by atoms with van der Waals surface area (Å²) in [5.74, 6) is -0.384. The molecule has 0 aliphatic rings. The lowest BCUT2D eigenvalue weighted by Crippen LogP contribution is -2.43. The first-order chi connectivity index (χ1) is 10.4. The van der Waals surface area contributed by atoms with Gasteiger partial charge in [0.05, 0.1) is 6.61 Å². The third-order valence-electron chi connectivity index (χ3n) is 2.82. The number of amides is 1. The summed E-state index contributed by atoms with van der Waals surface area (Å²) >= 11 is 0. The Labute approximate surface area is 131 Å². The van der Waals surface area contributed by atoms with Gasteiger partial charge in [-0.05, 0) is 32.8 Å². The van der Waals surface area contributed by atoms with E-state index >= 15 is 0 Å². The number of nitrogens with one attached hydrogen (secondary N) is 1. The fraction of sp³-hybridized carbons (Fsp3) is 0.412. The first-order valence-electron chi connectivity index (χ1n) is 7.25. The number of hydrogen-bond donors (Lipinski definition) is 1. The number of benzene rings is 1. The number of rotatable bonds is 7. The van der Waals surface area contributed by atoms with Gasteiger partial charge in [-0.25, -0.2) is 9.59 Å². The Hall–Kier alpha value is -2.30. The Morgan fingerprint density at radius 1 is 1.18 bits per heavy atom. The van der Waals surface area contributed by atoms with Crippen molar-refractivity contribution in [2.75, 3.05) is 6.61 Å². The second-order valence-electron chi connectivity index (χ2n) is 5.43. The van der Waals surface area contributed by atoms with Gasteiger partial charge in [0.25, 0.3) is 0 Å². The Balaban J connectivity index is 2.36. The molecule has 120 valence electrons. The van der Waals surface area contributed by atoms with Gasteiger partial charge in [0, 0.05) is 11.6 Å². The minimum absolute atomic E-state index is 0.224. The van der Waals surface area contributed by atoms with Crippen molar-refractivity contribution < 1.29 is 19.1 Å². The molecule has 0 aliphatic carbocycles. The van der Waals surface area contributed by atoms with Crippen LogP contribution < -0.4 is 5.32 Å². The minimum Gasteiger partial charge on any atom is -0.463 e. The number of alkyl carbamates (subject to hydrolysis) is 1. The van der Waals surface area contributed by atoms with E-state index in [2.05, 4.69) is 5.32 Å². The van der Waals surface area contributed by atoms with Crippen LogP contribution in [0.5, 0.6) is 0 Å². The molecule has 1 aromatic carbocycles. The molecule has 0 aliphatic heterocycles. The molecule has 0 saturated carbocycles. The van der Waals surface area contributed by atoms with E-state index in [1.54, 1.807) is 13.0 Å². The van der Waals surface area contributed by atoms with Crippen LogP contribution in [0.2, 0.25) is 0 Å². The van der Waals surface area contributed by atoms with Gasteiger partial charge < -0.3 is 14.8 Å². The van der Waals surface area contributed by atoms with E-state index in [1.165, 1.54) is 6.08 Å². The highest BCUT2D eigenvalue weighted by molar-refractivity contribution is 5.81. The van der Waals surface area contributed by atoms with Gasteiger partial charge in [0.15, 0.2) is 0 Å². The molecule has 0 fully saturated rings. The van der Waals surface area contributed by atoms with Crippen LogP contribution in [-0.4, -0.2) is 24.2 Å². The van der Waals surface area contributed by atoms with Crippen LogP contribution in [0.25, 0.3) is 0 Å². The van der Waals surface area contributed by atoms with E-state index in [4.69, 9.17) is 9.47 Å². The number of ether oxygens (including phenoxy) is 2. The smallest absolute Gasteiger partial charge is 0.407 e. The topological polar surface area (TPSA) is 64.6 Å². The van der Waals surface area contributed by atoms with Crippen LogP contribution in [-0.2, 0) is 20.9 Å². The first kappa shape index (κ1) is 17.8. The summed E-state index contributed by atoms with van der Waals surface area (Å²) in [6.45, 7) is 6.02. The van der Waals surface area contributed by atoms with E-state index in [-0.39, 0.29) is 12.6 Å².